The summed E-state index contributed by atoms with van der Waals surface area (Å²) in [6.45, 7) is 1.98. The SMILES string of the molecule is Fc1ccccc1[C@]12CC[C@H](OCc3ccccc3)C[C@H]1COC2. The van der Waals surface area contributed by atoms with E-state index in [9.17, 15) is 4.39 Å². The van der Waals surface area contributed by atoms with Crippen LogP contribution in [0.2, 0.25) is 0 Å². The number of hydrogen-bond acceptors (Lipinski definition) is 2. The van der Waals surface area contributed by atoms with Crippen molar-refractivity contribution in [3.63, 3.8) is 0 Å². The van der Waals surface area contributed by atoms with Crippen LogP contribution in [0, 0.1) is 11.7 Å². The van der Waals surface area contributed by atoms with Gasteiger partial charge in [0.15, 0.2) is 0 Å². The van der Waals surface area contributed by atoms with Crippen molar-refractivity contribution in [1.29, 1.82) is 0 Å². The van der Waals surface area contributed by atoms with Crippen molar-refractivity contribution in [2.75, 3.05) is 13.2 Å². The maximum Gasteiger partial charge on any atom is 0.127 e. The summed E-state index contributed by atoms with van der Waals surface area (Å²) in [6, 6.07) is 17.5. The van der Waals surface area contributed by atoms with Gasteiger partial charge in [0.05, 0.1) is 25.9 Å². The number of halogens is 1. The maximum atomic E-state index is 14.4. The first kappa shape index (κ1) is 15.8. The summed E-state index contributed by atoms with van der Waals surface area (Å²) in [7, 11) is 0. The highest BCUT2D eigenvalue weighted by Gasteiger charge is 2.50. The molecular weight excluding hydrogens is 303 g/mol. The molecule has 2 aromatic rings. The first-order valence-corrected chi connectivity index (χ1v) is 8.76. The van der Waals surface area contributed by atoms with Gasteiger partial charge in [0, 0.05) is 5.41 Å². The average Bonchev–Trinajstić information content (AvgIpc) is 3.05. The third-order valence-corrected chi connectivity index (χ3v) is 5.66. The van der Waals surface area contributed by atoms with Gasteiger partial charge in [-0.3, -0.25) is 0 Å². The number of rotatable bonds is 4. The molecule has 3 heteroatoms. The van der Waals surface area contributed by atoms with E-state index in [0.29, 0.717) is 25.7 Å². The number of ether oxygens (including phenoxy) is 2. The smallest absolute Gasteiger partial charge is 0.127 e. The molecule has 0 N–H and O–H groups in total. The number of fused-ring (bicyclic) bond motifs is 1. The van der Waals surface area contributed by atoms with Crippen LogP contribution in [-0.2, 0) is 21.5 Å². The zero-order chi connectivity index (χ0) is 16.4. The molecule has 1 saturated carbocycles. The average molecular weight is 326 g/mol. The molecule has 0 radical (unpaired) electrons. The first-order valence-electron chi connectivity index (χ1n) is 8.76. The number of benzene rings is 2. The molecule has 24 heavy (non-hydrogen) atoms. The summed E-state index contributed by atoms with van der Waals surface area (Å²) in [5, 5.41) is 0. The summed E-state index contributed by atoms with van der Waals surface area (Å²) in [5.41, 5.74) is 1.86. The first-order chi connectivity index (χ1) is 11.8. The van der Waals surface area contributed by atoms with E-state index in [1.165, 1.54) is 5.56 Å². The van der Waals surface area contributed by atoms with Gasteiger partial charge in [-0.1, -0.05) is 48.5 Å². The van der Waals surface area contributed by atoms with E-state index in [-0.39, 0.29) is 17.3 Å². The van der Waals surface area contributed by atoms with Crippen LogP contribution >= 0.6 is 0 Å². The highest BCUT2D eigenvalue weighted by atomic mass is 19.1. The lowest BCUT2D eigenvalue weighted by atomic mass is 9.63. The zero-order valence-corrected chi connectivity index (χ0v) is 13.8. The summed E-state index contributed by atoms with van der Waals surface area (Å²) >= 11 is 0. The lowest BCUT2D eigenvalue weighted by molar-refractivity contribution is -0.0121. The molecule has 1 aliphatic carbocycles. The molecular formula is C21H23FO2. The Morgan fingerprint density at radius 2 is 1.88 bits per heavy atom. The third kappa shape index (κ3) is 2.87. The monoisotopic (exact) mass is 326 g/mol. The van der Waals surface area contributed by atoms with Crippen LogP contribution < -0.4 is 0 Å². The van der Waals surface area contributed by atoms with E-state index >= 15 is 0 Å². The summed E-state index contributed by atoms with van der Waals surface area (Å²) in [6.07, 6.45) is 3.07. The van der Waals surface area contributed by atoms with Crippen molar-refractivity contribution in [3.05, 3.63) is 71.5 Å². The van der Waals surface area contributed by atoms with Crippen LogP contribution in [-0.4, -0.2) is 19.3 Å². The quantitative estimate of drug-likeness (QED) is 0.825. The van der Waals surface area contributed by atoms with E-state index in [1.807, 2.05) is 30.3 Å². The van der Waals surface area contributed by atoms with Crippen molar-refractivity contribution in [1.82, 2.24) is 0 Å². The van der Waals surface area contributed by atoms with Crippen molar-refractivity contribution in [3.8, 4) is 0 Å². The van der Waals surface area contributed by atoms with Crippen molar-refractivity contribution in [2.45, 2.75) is 37.4 Å². The molecule has 2 fully saturated rings. The lowest BCUT2D eigenvalue weighted by Gasteiger charge is -2.41. The van der Waals surface area contributed by atoms with Crippen LogP contribution in [0.1, 0.15) is 30.4 Å². The molecule has 126 valence electrons. The Balaban J connectivity index is 1.46. The van der Waals surface area contributed by atoms with Gasteiger partial charge in [-0.05, 0) is 42.4 Å². The van der Waals surface area contributed by atoms with Crippen LogP contribution in [0.25, 0.3) is 0 Å². The second-order valence-corrected chi connectivity index (χ2v) is 7.04. The van der Waals surface area contributed by atoms with E-state index in [2.05, 4.69) is 12.1 Å². The van der Waals surface area contributed by atoms with Gasteiger partial charge in [0.2, 0.25) is 0 Å². The standard InChI is InChI=1S/C21H23FO2/c22-20-9-5-4-8-19(20)21-11-10-18(12-17(21)14-23-15-21)24-13-16-6-2-1-3-7-16/h1-9,17-18H,10-15H2/t17-,18-,21-/m0/s1. The normalized spacial score (nSPS) is 29.4. The molecule has 3 atom stereocenters. The summed E-state index contributed by atoms with van der Waals surface area (Å²) in [5.74, 6) is 0.237. The minimum absolute atomic E-state index is 0.100. The van der Waals surface area contributed by atoms with Gasteiger partial charge in [0.25, 0.3) is 0 Å². The summed E-state index contributed by atoms with van der Waals surface area (Å²) < 4.78 is 26.3. The molecule has 2 aromatic carbocycles. The van der Waals surface area contributed by atoms with Crippen molar-refractivity contribution in [2.24, 2.45) is 5.92 Å². The highest BCUT2D eigenvalue weighted by molar-refractivity contribution is 5.30. The molecule has 1 heterocycles. The van der Waals surface area contributed by atoms with Gasteiger partial charge in [-0.2, -0.15) is 0 Å². The van der Waals surface area contributed by atoms with Gasteiger partial charge in [-0.25, -0.2) is 4.39 Å². The predicted molar refractivity (Wildman–Crippen MR) is 91.3 cm³/mol. The van der Waals surface area contributed by atoms with Gasteiger partial charge in [0.1, 0.15) is 5.82 Å². The predicted octanol–water partition coefficient (Wildman–Crippen LogP) is 4.48. The Morgan fingerprint density at radius 3 is 2.71 bits per heavy atom. The second kappa shape index (κ2) is 6.66. The van der Waals surface area contributed by atoms with E-state index < -0.39 is 0 Å². The van der Waals surface area contributed by atoms with Gasteiger partial charge >= 0.3 is 0 Å². The van der Waals surface area contributed by atoms with Crippen molar-refractivity contribution >= 4 is 0 Å². The molecule has 0 aromatic heterocycles. The van der Waals surface area contributed by atoms with E-state index in [1.54, 1.807) is 12.1 Å². The molecule has 0 amide bonds. The molecule has 0 bridgehead atoms. The van der Waals surface area contributed by atoms with E-state index in [0.717, 1.165) is 24.8 Å². The Labute approximate surface area is 142 Å². The van der Waals surface area contributed by atoms with Crippen LogP contribution in [0.3, 0.4) is 0 Å². The minimum atomic E-state index is -0.169. The Bertz CT molecular complexity index is 687. The molecule has 0 unspecified atom stereocenters. The fourth-order valence-corrected chi connectivity index (χ4v) is 4.32. The Kier molecular flexibility index (Phi) is 4.38. The van der Waals surface area contributed by atoms with Crippen LogP contribution in [0.4, 0.5) is 4.39 Å². The molecule has 1 aliphatic heterocycles. The second-order valence-electron chi connectivity index (χ2n) is 7.04. The zero-order valence-electron chi connectivity index (χ0n) is 13.8. The Hall–Kier alpha value is -1.71. The fraction of sp³-hybridized carbons (Fsp3) is 0.429. The third-order valence-electron chi connectivity index (χ3n) is 5.66. The summed E-state index contributed by atoms with van der Waals surface area (Å²) in [4.78, 5) is 0. The largest absolute Gasteiger partial charge is 0.380 e. The Morgan fingerprint density at radius 1 is 1.08 bits per heavy atom. The van der Waals surface area contributed by atoms with Crippen LogP contribution in [0.5, 0.6) is 0 Å². The molecule has 1 saturated heterocycles. The number of hydrogen-bond donors (Lipinski definition) is 0. The maximum absolute atomic E-state index is 14.4. The van der Waals surface area contributed by atoms with Gasteiger partial charge in [-0.15, -0.1) is 0 Å². The highest BCUT2D eigenvalue weighted by Crippen LogP contribution is 2.49. The molecule has 0 spiro atoms. The lowest BCUT2D eigenvalue weighted by Crippen LogP contribution is -2.42. The van der Waals surface area contributed by atoms with Gasteiger partial charge < -0.3 is 9.47 Å². The minimum Gasteiger partial charge on any atom is -0.380 e. The van der Waals surface area contributed by atoms with Crippen molar-refractivity contribution < 1.29 is 13.9 Å². The van der Waals surface area contributed by atoms with Crippen LogP contribution in [0.15, 0.2) is 54.6 Å². The van der Waals surface area contributed by atoms with E-state index in [4.69, 9.17) is 9.47 Å². The topological polar surface area (TPSA) is 18.5 Å². The molecule has 4 rings (SSSR count). The molecule has 2 nitrogen and oxygen atoms in total. The molecule has 2 aliphatic rings. The fourth-order valence-electron chi connectivity index (χ4n) is 4.32.